The first-order valence-corrected chi connectivity index (χ1v) is 8.52. The largest absolute Gasteiger partial charge is 0.0918 e. The molecular formula is C24H22. The summed E-state index contributed by atoms with van der Waals surface area (Å²) < 4.78 is 0. The van der Waals surface area contributed by atoms with Gasteiger partial charge in [0.25, 0.3) is 0 Å². The second kappa shape index (κ2) is 5.49. The van der Waals surface area contributed by atoms with Crippen molar-refractivity contribution in [3.05, 3.63) is 104 Å². The van der Waals surface area contributed by atoms with E-state index in [0.29, 0.717) is 0 Å². The maximum Gasteiger partial charge on any atom is -0.00131 e. The predicted octanol–water partition coefficient (Wildman–Crippen LogP) is 4.17. The van der Waals surface area contributed by atoms with Crippen molar-refractivity contribution in [3.8, 4) is 0 Å². The van der Waals surface area contributed by atoms with Crippen LogP contribution >= 0.6 is 0 Å². The Bertz CT molecular complexity index is 1070. The number of hydrogen-bond donors (Lipinski definition) is 0. The summed E-state index contributed by atoms with van der Waals surface area (Å²) in [4.78, 5) is 0. The molecule has 4 rings (SSSR count). The van der Waals surface area contributed by atoms with E-state index in [0.717, 1.165) is 11.6 Å². The highest BCUT2D eigenvalue weighted by Gasteiger charge is 2.19. The Kier molecular flexibility index (Phi) is 3.42. The molecule has 0 unspecified atom stereocenters. The minimum absolute atomic E-state index is 0.990. The molecule has 24 heavy (non-hydrogen) atoms. The fourth-order valence-electron chi connectivity index (χ4n) is 3.88. The van der Waals surface area contributed by atoms with Crippen molar-refractivity contribution in [1.29, 1.82) is 0 Å². The van der Waals surface area contributed by atoms with Gasteiger partial charge in [-0.1, -0.05) is 72.3 Å². The number of hydrogen-bond acceptors (Lipinski definition) is 0. The highest BCUT2D eigenvalue weighted by atomic mass is 14.2. The summed E-state index contributed by atoms with van der Waals surface area (Å²) in [7, 11) is 0. The molecule has 0 radical (unpaired) electrons. The van der Waals surface area contributed by atoms with E-state index >= 15 is 0 Å². The van der Waals surface area contributed by atoms with Gasteiger partial charge < -0.3 is 0 Å². The molecule has 0 heterocycles. The van der Waals surface area contributed by atoms with E-state index in [4.69, 9.17) is 0 Å². The number of aryl methyl sites for hydroxylation is 3. The van der Waals surface area contributed by atoms with Crippen LogP contribution in [0.5, 0.6) is 0 Å². The summed E-state index contributed by atoms with van der Waals surface area (Å²) in [5.74, 6) is 0. The zero-order chi connectivity index (χ0) is 16.8. The normalized spacial score (nSPS) is 12.7. The Balaban J connectivity index is 2.14. The molecule has 1 aliphatic carbocycles. The summed E-state index contributed by atoms with van der Waals surface area (Å²) in [5.41, 5.74) is 10.8. The average Bonchev–Trinajstić information content (AvgIpc) is 2.53. The highest BCUT2D eigenvalue weighted by Crippen LogP contribution is 2.31. The molecule has 118 valence electrons. The van der Waals surface area contributed by atoms with Crippen molar-refractivity contribution in [3.63, 3.8) is 0 Å². The fraction of sp³-hybridized carbons (Fsp3) is 0.167. The lowest BCUT2D eigenvalue weighted by molar-refractivity contribution is 1.11. The second-order valence-corrected chi connectivity index (χ2v) is 7.02. The molecule has 0 saturated carbocycles. The van der Waals surface area contributed by atoms with Gasteiger partial charge in [0, 0.05) is 0 Å². The molecule has 0 heteroatoms. The topological polar surface area (TPSA) is 0 Å². The molecule has 0 nitrogen and oxygen atoms in total. The Labute approximate surface area is 143 Å². The van der Waals surface area contributed by atoms with Crippen LogP contribution < -0.4 is 10.4 Å². The summed E-state index contributed by atoms with van der Waals surface area (Å²) in [6.45, 7) is 10.7. The van der Waals surface area contributed by atoms with Crippen LogP contribution in [-0.2, 0) is 6.42 Å². The number of rotatable bonds is 1. The van der Waals surface area contributed by atoms with Crippen LogP contribution in [0, 0.1) is 20.8 Å². The van der Waals surface area contributed by atoms with Gasteiger partial charge in [-0.15, -0.1) is 0 Å². The quantitative estimate of drug-likeness (QED) is 0.495. The van der Waals surface area contributed by atoms with Gasteiger partial charge in [-0.2, -0.15) is 0 Å². The van der Waals surface area contributed by atoms with Crippen LogP contribution in [0.15, 0.2) is 54.6 Å². The smallest absolute Gasteiger partial charge is 0.00131 e. The molecule has 3 aromatic carbocycles. The van der Waals surface area contributed by atoms with E-state index in [1.165, 1.54) is 49.7 Å². The zero-order valence-electron chi connectivity index (χ0n) is 14.6. The Hall–Kier alpha value is -2.60. The zero-order valence-corrected chi connectivity index (χ0v) is 14.6. The first-order chi connectivity index (χ1) is 11.5. The van der Waals surface area contributed by atoms with E-state index in [1.54, 1.807) is 0 Å². The summed E-state index contributed by atoms with van der Waals surface area (Å²) in [5, 5.41) is 2.44. The van der Waals surface area contributed by atoms with E-state index in [2.05, 4.69) is 81.9 Å². The average molecular weight is 310 g/mol. The van der Waals surface area contributed by atoms with Gasteiger partial charge >= 0.3 is 0 Å². The lowest BCUT2D eigenvalue weighted by atomic mass is 9.81. The monoisotopic (exact) mass is 310 g/mol. The summed E-state index contributed by atoms with van der Waals surface area (Å²) in [6.07, 6.45) is 0.990. The van der Waals surface area contributed by atoms with Crippen LogP contribution in [0.4, 0.5) is 0 Å². The molecule has 3 aromatic rings. The van der Waals surface area contributed by atoms with Crippen molar-refractivity contribution in [2.75, 3.05) is 0 Å². The molecule has 0 bridgehead atoms. The van der Waals surface area contributed by atoms with Crippen molar-refractivity contribution in [1.82, 2.24) is 0 Å². The van der Waals surface area contributed by atoms with Gasteiger partial charge in [-0.25, -0.2) is 0 Å². The van der Waals surface area contributed by atoms with Crippen LogP contribution in [-0.4, -0.2) is 0 Å². The second-order valence-electron chi connectivity index (χ2n) is 7.02. The van der Waals surface area contributed by atoms with Crippen LogP contribution in [0.1, 0.15) is 38.9 Å². The first-order valence-electron chi connectivity index (χ1n) is 8.52. The Morgan fingerprint density at radius 3 is 2.17 bits per heavy atom. The fourth-order valence-corrected chi connectivity index (χ4v) is 3.88. The molecule has 0 atom stereocenters. The van der Waals surface area contributed by atoms with Gasteiger partial charge in [-0.3, -0.25) is 0 Å². The number of fused-ring (bicyclic) bond motifs is 2. The summed E-state index contributed by atoms with van der Waals surface area (Å²) in [6, 6.07) is 20.2. The Morgan fingerprint density at radius 1 is 0.708 bits per heavy atom. The molecule has 0 aliphatic heterocycles. The van der Waals surface area contributed by atoms with E-state index < -0.39 is 0 Å². The van der Waals surface area contributed by atoms with Crippen molar-refractivity contribution >= 4 is 12.2 Å². The van der Waals surface area contributed by atoms with E-state index in [9.17, 15) is 0 Å². The van der Waals surface area contributed by atoms with E-state index in [1.807, 2.05) is 0 Å². The highest BCUT2D eigenvalue weighted by molar-refractivity contribution is 5.84. The number of benzene rings is 3. The SMILES string of the molecule is C=c1ccc2c(c1)Cc1cc(C)ccc1C=2c1ccc(C)cc1C. The maximum atomic E-state index is 4.12. The molecule has 0 amide bonds. The van der Waals surface area contributed by atoms with Gasteiger partial charge in [-0.05, 0) is 71.0 Å². The third-order valence-electron chi connectivity index (χ3n) is 5.00. The van der Waals surface area contributed by atoms with E-state index in [-0.39, 0.29) is 0 Å². The molecule has 0 saturated heterocycles. The third kappa shape index (κ3) is 2.39. The molecular weight excluding hydrogens is 288 g/mol. The minimum atomic E-state index is 0.990. The van der Waals surface area contributed by atoms with Crippen molar-refractivity contribution in [2.24, 2.45) is 0 Å². The lowest BCUT2D eigenvalue weighted by Gasteiger charge is -2.22. The maximum absolute atomic E-state index is 4.12. The van der Waals surface area contributed by atoms with Gasteiger partial charge in [0.15, 0.2) is 0 Å². The molecule has 1 aliphatic rings. The van der Waals surface area contributed by atoms with Crippen LogP contribution in [0.2, 0.25) is 0 Å². The van der Waals surface area contributed by atoms with Crippen molar-refractivity contribution < 1.29 is 0 Å². The van der Waals surface area contributed by atoms with Crippen LogP contribution in [0.3, 0.4) is 0 Å². The standard InChI is InChI=1S/C24H22/c1-15-5-8-21(18(4)11-15)24-22-9-6-16(2)12-19(22)14-20-13-17(3)7-10-23(20)24/h5-13H,2,14H2,1,3-4H3. The van der Waals surface area contributed by atoms with Gasteiger partial charge in [0.05, 0.1) is 0 Å². The van der Waals surface area contributed by atoms with Gasteiger partial charge in [0.1, 0.15) is 0 Å². The molecule has 0 N–H and O–H groups in total. The molecule has 0 spiro atoms. The molecule has 0 fully saturated rings. The van der Waals surface area contributed by atoms with Gasteiger partial charge in [0.2, 0.25) is 0 Å². The molecule has 0 aromatic heterocycles. The summed E-state index contributed by atoms with van der Waals surface area (Å²) >= 11 is 0. The third-order valence-corrected chi connectivity index (χ3v) is 5.00. The predicted molar refractivity (Wildman–Crippen MR) is 103 cm³/mol. The minimum Gasteiger partial charge on any atom is -0.0918 e. The lowest BCUT2D eigenvalue weighted by Crippen LogP contribution is -2.23. The Morgan fingerprint density at radius 2 is 1.42 bits per heavy atom. The van der Waals surface area contributed by atoms with Crippen LogP contribution in [0.25, 0.3) is 12.2 Å². The van der Waals surface area contributed by atoms with Crippen molar-refractivity contribution in [2.45, 2.75) is 27.2 Å². The first kappa shape index (κ1) is 15.0.